The zero-order chi connectivity index (χ0) is 12.3. The van der Waals surface area contributed by atoms with Crippen LogP contribution >= 0.6 is 12.4 Å². The smallest absolute Gasteiger partial charge is 0.241 e. The van der Waals surface area contributed by atoms with Gasteiger partial charge in [-0.1, -0.05) is 18.2 Å². The van der Waals surface area contributed by atoms with E-state index < -0.39 is 10.0 Å². The van der Waals surface area contributed by atoms with E-state index in [1.54, 1.807) is 12.1 Å². The summed E-state index contributed by atoms with van der Waals surface area (Å²) in [5, 5.41) is 3.22. The number of halogens is 1. The topological polar surface area (TPSA) is 58.2 Å². The quantitative estimate of drug-likeness (QED) is 0.886. The third kappa shape index (κ3) is 3.68. The van der Waals surface area contributed by atoms with Crippen LogP contribution in [-0.4, -0.2) is 27.5 Å². The lowest BCUT2D eigenvalue weighted by molar-refractivity contribution is 0.427. The van der Waals surface area contributed by atoms with E-state index in [0.717, 1.165) is 31.5 Å². The second-order valence-electron chi connectivity index (χ2n) is 4.41. The van der Waals surface area contributed by atoms with Crippen molar-refractivity contribution in [2.75, 3.05) is 13.1 Å². The Kier molecular flexibility index (Phi) is 5.59. The highest BCUT2D eigenvalue weighted by molar-refractivity contribution is 7.89. The van der Waals surface area contributed by atoms with Crippen LogP contribution < -0.4 is 10.0 Å². The van der Waals surface area contributed by atoms with Gasteiger partial charge in [-0.05, 0) is 44.5 Å². The summed E-state index contributed by atoms with van der Waals surface area (Å²) in [6, 6.07) is 7.12. The number of sulfonamides is 1. The second kappa shape index (κ2) is 6.52. The molecule has 1 aromatic carbocycles. The Morgan fingerprint density at radius 2 is 1.83 bits per heavy atom. The molecule has 2 rings (SSSR count). The first-order valence-electron chi connectivity index (χ1n) is 5.88. The normalized spacial score (nSPS) is 17.2. The summed E-state index contributed by atoms with van der Waals surface area (Å²) >= 11 is 0. The second-order valence-corrected chi connectivity index (χ2v) is 6.09. The first kappa shape index (κ1) is 15.4. The summed E-state index contributed by atoms with van der Waals surface area (Å²) in [5.41, 5.74) is 0.786. The van der Waals surface area contributed by atoms with Gasteiger partial charge in [0.2, 0.25) is 10.0 Å². The number of nitrogens with one attached hydrogen (secondary N) is 2. The summed E-state index contributed by atoms with van der Waals surface area (Å²) in [7, 11) is -3.37. The van der Waals surface area contributed by atoms with Gasteiger partial charge < -0.3 is 5.32 Å². The fourth-order valence-electron chi connectivity index (χ4n) is 2.08. The summed E-state index contributed by atoms with van der Waals surface area (Å²) in [6.45, 7) is 3.57. The van der Waals surface area contributed by atoms with Crippen molar-refractivity contribution < 1.29 is 8.42 Å². The van der Waals surface area contributed by atoms with Crippen molar-refractivity contribution in [1.82, 2.24) is 10.0 Å². The third-order valence-corrected chi connectivity index (χ3v) is 4.72. The number of hydrogen-bond donors (Lipinski definition) is 2. The van der Waals surface area contributed by atoms with E-state index in [1.807, 2.05) is 19.1 Å². The minimum atomic E-state index is -3.37. The van der Waals surface area contributed by atoms with Gasteiger partial charge in [0.25, 0.3) is 0 Å². The van der Waals surface area contributed by atoms with Gasteiger partial charge >= 0.3 is 0 Å². The van der Waals surface area contributed by atoms with E-state index in [9.17, 15) is 8.42 Å². The molecule has 1 aliphatic rings. The first-order valence-corrected chi connectivity index (χ1v) is 7.36. The van der Waals surface area contributed by atoms with Crippen LogP contribution in [-0.2, 0) is 10.0 Å². The number of hydrogen-bond acceptors (Lipinski definition) is 3. The molecular weight excluding hydrogens is 272 g/mol. The summed E-state index contributed by atoms with van der Waals surface area (Å²) in [4.78, 5) is 0.388. The minimum Gasteiger partial charge on any atom is -0.317 e. The minimum absolute atomic E-state index is 0. The zero-order valence-corrected chi connectivity index (χ0v) is 12.0. The van der Waals surface area contributed by atoms with Gasteiger partial charge in [-0.25, -0.2) is 13.1 Å². The van der Waals surface area contributed by atoms with Crippen molar-refractivity contribution >= 4 is 22.4 Å². The van der Waals surface area contributed by atoms with Gasteiger partial charge in [0.15, 0.2) is 0 Å². The molecule has 1 fully saturated rings. The molecular formula is C12H19ClN2O2S. The average Bonchev–Trinajstić information content (AvgIpc) is 2.30. The molecule has 0 spiro atoms. The number of benzene rings is 1. The molecule has 1 saturated heterocycles. The molecule has 1 aliphatic heterocycles. The van der Waals surface area contributed by atoms with Gasteiger partial charge in [-0.3, -0.25) is 0 Å². The van der Waals surface area contributed by atoms with Crippen molar-refractivity contribution in [3.8, 4) is 0 Å². The van der Waals surface area contributed by atoms with E-state index >= 15 is 0 Å². The standard InChI is InChI=1S/C12H18N2O2S.ClH/c1-10-4-2-3-5-12(10)17(15,16)14-11-6-8-13-9-7-11;/h2-5,11,13-14H,6-9H2,1H3;1H. The lowest BCUT2D eigenvalue weighted by atomic mass is 10.1. The van der Waals surface area contributed by atoms with Crippen LogP contribution in [0.3, 0.4) is 0 Å². The Bertz CT molecular complexity index is 485. The van der Waals surface area contributed by atoms with E-state index in [-0.39, 0.29) is 18.4 Å². The predicted molar refractivity (Wildman–Crippen MR) is 74.6 cm³/mol. The van der Waals surface area contributed by atoms with Gasteiger partial charge in [-0.15, -0.1) is 12.4 Å². The Morgan fingerprint density at radius 3 is 2.44 bits per heavy atom. The highest BCUT2D eigenvalue weighted by Crippen LogP contribution is 2.15. The first-order chi connectivity index (χ1) is 8.09. The van der Waals surface area contributed by atoms with E-state index in [4.69, 9.17) is 0 Å². The van der Waals surface area contributed by atoms with Gasteiger partial charge in [0.1, 0.15) is 0 Å². The van der Waals surface area contributed by atoms with Gasteiger partial charge in [-0.2, -0.15) is 0 Å². The van der Waals surface area contributed by atoms with Crippen molar-refractivity contribution in [2.24, 2.45) is 0 Å². The Hall–Kier alpha value is -0.620. The molecule has 6 heteroatoms. The lowest BCUT2D eigenvalue weighted by Gasteiger charge is -2.23. The molecule has 0 bridgehead atoms. The van der Waals surface area contributed by atoms with Crippen LogP contribution in [0.5, 0.6) is 0 Å². The van der Waals surface area contributed by atoms with Crippen LogP contribution in [0.15, 0.2) is 29.2 Å². The van der Waals surface area contributed by atoms with Crippen molar-refractivity contribution in [3.05, 3.63) is 29.8 Å². The van der Waals surface area contributed by atoms with Crippen LogP contribution in [0, 0.1) is 6.92 Å². The molecule has 2 N–H and O–H groups in total. The molecule has 18 heavy (non-hydrogen) atoms. The highest BCUT2D eigenvalue weighted by atomic mass is 35.5. The van der Waals surface area contributed by atoms with Crippen molar-refractivity contribution in [2.45, 2.75) is 30.7 Å². The summed E-state index contributed by atoms with van der Waals surface area (Å²) < 4.78 is 27.2. The monoisotopic (exact) mass is 290 g/mol. The SMILES string of the molecule is Cc1ccccc1S(=O)(=O)NC1CCNCC1.Cl. The number of aryl methyl sites for hydroxylation is 1. The van der Waals surface area contributed by atoms with Crippen LogP contribution in [0.25, 0.3) is 0 Å². The third-order valence-electron chi connectivity index (χ3n) is 3.04. The summed E-state index contributed by atoms with van der Waals surface area (Å²) in [6.07, 6.45) is 1.70. The molecule has 1 heterocycles. The van der Waals surface area contributed by atoms with Gasteiger partial charge in [0.05, 0.1) is 4.90 Å². The zero-order valence-electron chi connectivity index (χ0n) is 10.3. The molecule has 0 aromatic heterocycles. The molecule has 0 radical (unpaired) electrons. The number of rotatable bonds is 3. The fraction of sp³-hybridized carbons (Fsp3) is 0.500. The number of piperidine rings is 1. The van der Waals surface area contributed by atoms with E-state index in [2.05, 4.69) is 10.0 Å². The average molecular weight is 291 g/mol. The van der Waals surface area contributed by atoms with Crippen molar-refractivity contribution in [3.63, 3.8) is 0 Å². The van der Waals surface area contributed by atoms with Crippen LogP contribution in [0.4, 0.5) is 0 Å². The summed E-state index contributed by atoms with van der Waals surface area (Å²) in [5.74, 6) is 0. The molecule has 0 saturated carbocycles. The van der Waals surface area contributed by atoms with Crippen LogP contribution in [0.1, 0.15) is 18.4 Å². The highest BCUT2D eigenvalue weighted by Gasteiger charge is 2.22. The molecule has 4 nitrogen and oxygen atoms in total. The molecule has 0 amide bonds. The molecule has 0 unspecified atom stereocenters. The maximum atomic E-state index is 12.2. The van der Waals surface area contributed by atoms with Crippen molar-refractivity contribution in [1.29, 1.82) is 0 Å². The molecule has 0 aliphatic carbocycles. The van der Waals surface area contributed by atoms with Crippen LogP contribution in [0.2, 0.25) is 0 Å². The lowest BCUT2D eigenvalue weighted by Crippen LogP contribution is -2.42. The maximum absolute atomic E-state index is 12.2. The molecule has 0 atom stereocenters. The molecule has 1 aromatic rings. The largest absolute Gasteiger partial charge is 0.317 e. The maximum Gasteiger partial charge on any atom is 0.241 e. The Labute approximate surface area is 115 Å². The van der Waals surface area contributed by atoms with E-state index in [0.29, 0.717) is 4.90 Å². The van der Waals surface area contributed by atoms with Gasteiger partial charge in [0, 0.05) is 6.04 Å². The predicted octanol–water partition coefficient (Wildman–Crippen LogP) is 1.45. The molecule has 102 valence electrons. The van der Waals surface area contributed by atoms with E-state index in [1.165, 1.54) is 0 Å². The fourth-order valence-corrected chi connectivity index (χ4v) is 3.63. The Balaban J connectivity index is 0.00000162. The Morgan fingerprint density at radius 1 is 1.22 bits per heavy atom.